The average Bonchev–Trinajstić information content (AvgIpc) is 1.12. The second-order valence-electron chi connectivity index (χ2n) is 0.792. The topological polar surface area (TPSA) is 143 Å². The molecular weight excluding hydrogens is 400 g/mol. The Balaban J connectivity index is -0.00000000970. The molecule has 0 aromatic heterocycles. The van der Waals surface area contributed by atoms with Crippen LogP contribution < -0.4 is 0 Å². The van der Waals surface area contributed by atoms with Gasteiger partial charge in [0.1, 0.15) is 0 Å². The SMILES string of the molecule is [Ba+2].[H-].[H-].[H-].[H-].[Mg+2].[O]=[Mn](=[O])(=[O])[OH].[O]=[Mn](=[O])(=[O])[OH]. The maximum absolute atomic E-state index is 8.69. The van der Waals surface area contributed by atoms with Crippen molar-refractivity contribution in [2.45, 2.75) is 0 Å². The van der Waals surface area contributed by atoms with Gasteiger partial charge in [0.2, 0.25) is 0 Å². The van der Waals surface area contributed by atoms with Crippen LogP contribution in [0.1, 0.15) is 5.71 Å². The van der Waals surface area contributed by atoms with Gasteiger partial charge >= 0.3 is 129 Å². The van der Waals surface area contributed by atoms with Crippen LogP contribution in [0.3, 0.4) is 0 Å². The van der Waals surface area contributed by atoms with Crippen molar-refractivity contribution >= 4 is 71.9 Å². The van der Waals surface area contributed by atoms with E-state index in [1.165, 1.54) is 0 Å². The normalized spacial score (nSPS) is 9.50. The molecule has 12 heteroatoms. The Labute approximate surface area is 133 Å². The van der Waals surface area contributed by atoms with Gasteiger partial charge in [-0.3, -0.25) is 0 Å². The molecule has 2 N–H and O–H groups in total. The van der Waals surface area contributed by atoms with Crippen LogP contribution in [0.25, 0.3) is 0 Å². The van der Waals surface area contributed by atoms with Crippen molar-refractivity contribution in [3.05, 3.63) is 0 Å². The molecule has 0 atom stereocenters. The molecule has 0 aromatic carbocycles. The standard InChI is InChI=1S/Ba.Mg.2Mn.2H2O.6O.4H/h;;;;2*1H2;;;;;;;;;;/q2*+2;2*+1;;;;;;;;;4*-1/p-2. The van der Waals surface area contributed by atoms with Gasteiger partial charge in [0.05, 0.1) is 0 Å². The van der Waals surface area contributed by atoms with Crippen molar-refractivity contribution in [2.24, 2.45) is 0 Å². The fourth-order valence-electron chi connectivity index (χ4n) is 0. The molecule has 0 rings (SSSR count). The molecule has 0 aliphatic heterocycles. The summed E-state index contributed by atoms with van der Waals surface area (Å²) in [6, 6.07) is 0. The van der Waals surface area contributed by atoms with Crippen LogP contribution in [-0.4, -0.2) is 80.3 Å². The summed E-state index contributed by atoms with van der Waals surface area (Å²) in [7, 11) is 0. The molecule has 0 fully saturated rings. The van der Waals surface area contributed by atoms with Crippen LogP contribution >= 0.6 is 0 Å². The zero-order chi connectivity index (χ0) is 9.00. The Morgan fingerprint density at radius 2 is 0.750 bits per heavy atom. The first-order valence-electron chi connectivity index (χ1n) is 1.26. The molecule has 0 heterocycles. The van der Waals surface area contributed by atoms with Gasteiger partial charge in [0, 0.05) is 0 Å². The van der Waals surface area contributed by atoms with Crippen LogP contribution in [0.5, 0.6) is 0 Å². The van der Waals surface area contributed by atoms with Gasteiger partial charge in [-0.1, -0.05) is 0 Å². The summed E-state index contributed by atoms with van der Waals surface area (Å²) < 4.78 is 66.1. The zero-order valence-corrected chi connectivity index (χ0v) is 13.7. The average molecular weight is 406 g/mol. The van der Waals surface area contributed by atoms with E-state index >= 15 is 0 Å². The summed E-state index contributed by atoms with van der Waals surface area (Å²) in [6.07, 6.45) is 0. The monoisotopic (exact) mass is 406 g/mol. The third-order valence-corrected chi connectivity index (χ3v) is 0. The summed E-state index contributed by atoms with van der Waals surface area (Å²) in [5.41, 5.74) is 0. The first kappa shape index (κ1) is 23.7. The predicted molar refractivity (Wildman–Crippen MR) is 24.5 cm³/mol. The molecule has 0 spiro atoms. The molecule has 0 saturated heterocycles. The van der Waals surface area contributed by atoms with Crippen LogP contribution in [0, 0.1) is 0 Å². The number of rotatable bonds is 0. The van der Waals surface area contributed by atoms with Gasteiger partial charge in [-0.25, -0.2) is 0 Å². The maximum atomic E-state index is 8.69. The van der Waals surface area contributed by atoms with Crippen molar-refractivity contribution in [1.29, 1.82) is 0 Å². The van der Waals surface area contributed by atoms with Crippen molar-refractivity contribution < 1.29 is 63.0 Å². The summed E-state index contributed by atoms with van der Waals surface area (Å²) in [5, 5.41) is 0. The van der Waals surface area contributed by atoms with E-state index in [0.29, 0.717) is 0 Å². The Bertz CT molecular complexity index is 314. The number of hydrogen-bond donors (Lipinski definition) is 2. The minimum atomic E-state index is -5.38. The van der Waals surface area contributed by atoms with E-state index in [9.17, 15) is 0 Å². The third-order valence-electron chi connectivity index (χ3n) is 0. The van der Waals surface area contributed by atoms with Gasteiger partial charge in [-0.15, -0.1) is 0 Å². The molecule has 72 valence electrons. The van der Waals surface area contributed by atoms with Gasteiger partial charge in [0.25, 0.3) is 0 Å². The molecule has 0 aromatic rings. The molecule has 0 radical (unpaired) electrons. The molecule has 0 saturated carbocycles. The van der Waals surface area contributed by atoms with E-state index < -0.39 is 25.9 Å². The van der Waals surface area contributed by atoms with Crippen molar-refractivity contribution in [1.82, 2.24) is 0 Å². The van der Waals surface area contributed by atoms with Crippen LogP contribution in [0.15, 0.2) is 0 Å². The molecule has 0 amide bonds. The zero-order valence-electron chi connectivity index (χ0n) is 9.51. The summed E-state index contributed by atoms with van der Waals surface area (Å²) in [6.45, 7) is 0. The molecule has 8 nitrogen and oxygen atoms in total. The van der Waals surface area contributed by atoms with Gasteiger partial charge in [-0.2, -0.15) is 0 Å². The van der Waals surface area contributed by atoms with Crippen molar-refractivity contribution in [2.75, 3.05) is 0 Å². The van der Waals surface area contributed by atoms with Crippen LogP contribution in [-0.2, 0) is 48.9 Å². The summed E-state index contributed by atoms with van der Waals surface area (Å²) in [5.74, 6) is 0. The van der Waals surface area contributed by atoms with Gasteiger partial charge in [-0.05, 0) is 0 Å². The fourth-order valence-corrected chi connectivity index (χ4v) is 0. The van der Waals surface area contributed by atoms with E-state index in [0.717, 1.165) is 0 Å². The molecule has 0 aliphatic carbocycles. The summed E-state index contributed by atoms with van der Waals surface area (Å²) >= 11 is -10.8. The third kappa shape index (κ3) is 339. The Morgan fingerprint density at radius 1 is 0.750 bits per heavy atom. The van der Waals surface area contributed by atoms with Crippen LogP contribution in [0.4, 0.5) is 0 Å². The predicted octanol–water partition coefficient (Wildman–Crippen LogP) is -2.14. The van der Waals surface area contributed by atoms with Gasteiger partial charge in [0.15, 0.2) is 0 Å². The second-order valence-corrected chi connectivity index (χ2v) is 3.27. The molecular formula is H6BaMgMn2O8. The molecule has 0 aliphatic rings. The minimum absolute atomic E-state index is 0. The quantitative estimate of drug-likeness (QED) is 0.435. The molecule has 12 heavy (non-hydrogen) atoms. The Hall–Kier alpha value is 2.10. The van der Waals surface area contributed by atoms with Crippen LogP contribution in [0.2, 0.25) is 0 Å². The van der Waals surface area contributed by atoms with E-state index in [1.807, 2.05) is 0 Å². The Morgan fingerprint density at radius 3 is 0.750 bits per heavy atom. The fraction of sp³-hybridized carbons (Fsp3) is 0. The molecule has 0 bridgehead atoms. The van der Waals surface area contributed by atoms with Crippen molar-refractivity contribution in [3.63, 3.8) is 0 Å². The van der Waals surface area contributed by atoms with E-state index in [4.69, 9.17) is 31.4 Å². The van der Waals surface area contributed by atoms with Gasteiger partial charge < -0.3 is 5.71 Å². The summed E-state index contributed by atoms with van der Waals surface area (Å²) in [4.78, 5) is 0. The first-order valence-corrected chi connectivity index (χ1v) is 5.21. The molecule has 0 unspecified atom stereocenters. The Kier molecular flexibility index (Phi) is 19.1. The van der Waals surface area contributed by atoms with E-state index in [2.05, 4.69) is 0 Å². The second kappa shape index (κ2) is 9.64. The number of hydrogen-bond acceptors (Lipinski definition) is 6. The van der Waals surface area contributed by atoms with E-state index in [-0.39, 0.29) is 77.6 Å². The van der Waals surface area contributed by atoms with E-state index in [1.54, 1.807) is 0 Å². The van der Waals surface area contributed by atoms with Crippen molar-refractivity contribution in [3.8, 4) is 0 Å². The first-order chi connectivity index (χ1) is 4.00.